The van der Waals surface area contributed by atoms with Crippen LogP contribution in [-0.4, -0.2) is 37.2 Å². The molecule has 2 atom stereocenters. The summed E-state index contributed by atoms with van der Waals surface area (Å²) in [5.41, 5.74) is 0. The Hall–Kier alpha value is -0.0800. The van der Waals surface area contributed by atoms with Crippen LogP contribution in [0.1, 0.15) is 39.5 Å². The highest BCUT2D eigenvalue weighted by Gasteiger charge is 2.27. The van der Waals surface area contributed by atoms with Gasteiger partial charge in [0.15, 0.2) is 0 Å². The summed E-state index contributed by atoms with van der Waals surface area (Å²) in [6, 6.07) is 0.635. The van der Waals surface area contributed by atoms with Crippen molar-refractivity contribution in [3.05, 3.63) is 0 Å². The zero-order chi connectivity index (χ0) is 9.84. The van der Waals surface area contributed by atoms with Gasteiger partial charge in [-0.1, -0.05) is 12.8 Å². The Labute approximate surface area is 82.3 Å². The Bertz CT molecular complexity index is 145. The summed E-state index contributed by atoms with van der Waals surface area (Å²) in [7, 11) is 4.32. The number of hydrogen-bond donors (Lipinski definition) is 0. The van der Waals surface area contributed by atoms with Crippen LogP contribution >= 0.6 is 0 Å². The van der Waals surface area contributed by atoms with E-state index < -0.39 is 0 Å². The van der Waals surface area contributed by atoms with Crippen LogP contribution in [0.3, 0.4) is 0 Å². The molecule has 0 unspecified atom stereocenters. The molecule has 2 heteroatoms. The number of ether oxygens (including phenoxy) is 1. The Morgan fingerprint density at radius 3 is 2.31 bits per heavy atom. The minimum Gasteiger partial charge on any atom is -0.374 e. The van der Waals surface area contributed by atoms with Crippen LogP contribution in [-0.2, 0) is 4.74 Å². The molecule has 2 nitrogen and oxygen atoms in total. The van der Waals surface area contributed by atoms with Crippen LogP contribution in [0.4, 0.5) is 0 Å². The second-order valence-electron chi connectivity index (χ2n) is 4.54. The standard InChI is InChI=1S/C11H23NO/c1-9(2)13-11-8-6-5-7-10(11)12(3)4/h9-11H,5-8H2,1-4H3/t10-,11-/m0/s1. The van der Waals surface area contributed by atoms with Crippen molar-refractivity contribution in [2.75, 3.05) is 14.1 Å². The van der Waals surface area contributed by atoms with Gasteiger partial charge in [0.05, 0.1) is 12.2 Å². The van der Waals surface area contributed by atoms with Crippen molar-refractivity contribution < 1.29 is 4.74 Å². The Morgan fingerprint density at radius 1 is 1.15 bits per heavy atom. The highest BCUT2D eigenvalue weighted by Crippen LogP contribution is 2.24. The molecule has 1 saturated carbocycles. The molecular formula is C11H23NO. The first kappa shape index (κ1) is 11.0. The van der Waals surface area contributed by atoms with Gasteiger partial charge in [-0.05, 0) is 40.8 Å². The summed E-state index contributed by atoms with van der Waals surface area (Å²) < 4.78 is 5.92. The van der Waals surface area contributed by atoms with Crippen molar-refractivity contribution in [2.45, 2.75) is 57.8 Å². The molecule has 1 rings (SSSR count). The van der Waals surface area contributed by atoms with E-state index in [-0.39, 0.29) is 0 Å². The molecule has 0 aromatic rings. The molecule has 0 aromatic carbocycles. The topological polar surface area (TPSA) is 12.5 Å². The van der Waals surface area contributed by atoms with Crippen molar-refractivity contribution >= 4 is 0 Å². The molecule has 0 amide bonds. The van der Waals surface area contributed by atoms with Gasteiger partial charge in [0.25, 0.3) is 0 Å². The van der Waals surface area contributed by atoms with Gasteiger partial charge in [-0.25, -0.2) is 0 Å². The molecule has 0 heterocycles. The van der Waals surface area contributed by atoms with Crippen molar-refractivity contribution in [1.82, 2.24) is 4.90 Å². The Kier molecular flexibility index (Phi) is 4.20. The molecule has 1 fully saturated rings. The van der Waals surface area contributed by atoms with E-state index in [2.05, 4.69) is 32.8 Å². The van der Waals surface area contributed by atoms with E-state index in [1.165, 1.54) is 25.7 Å². The van der Waals surface area contributed by atoms with E-state index in [1.54, 1.807) is 0 Å². The summed E-state index contributed by atoms with van der Waals surface area (Å²) in [6.07, 6.45) is 6.06. The summed E-state index contributed by atoms with van der Waals surface area (Å²) in [5.74, 6) is 0. The van der Waals surface area contributed by atoms with Crippen molar-refractivity contribution in [1.29, 1.82) is 0 Å². The molecule has 0 saturated heterocycles. The van der Waals surface area contributed by atoms with Gasteiger partial charge in [-0.2, -0.15) is 0 Å². The fourth-order valence-electron chi connectivity index (χ4n) is 2.18. The largest absolute Gasteiger partial charge is 0.374 e. The number of likely N-dealkylation sites (N-methyl/N-ethyl adjacent to an activating group) is 1. The normalized spacial score (nSPS) is 30.0. The van der Waals surface area contributed by atoms with Gasteiger partial charge >= 0.3 is 0 Å². The quantitative estimate of drug-likeness (QED) is 0.669. The van der Waals surface area contributed by atoms with Crippen LogP contribution in [0.5, 0.6) is 0 Å². The van der Waals surface area contributed by atoms with Gasteiger partial charge in [-0.15, -0.1) is 0 Å². The molecule has 0 bridgehead atoms. The third-order valence-electron chi connectivity index (χ3n) is 2.78. The van der Waals surface area contributed by atoms with Crippen molar-refractivity contribution in [3.63, 3.8) is 0 Å². The van der Waals surface area contributed by atoms with E-state index in [1.807, 2.05) is 0 Å². The molecule has 13 heavy (non-hydrogen) atoms. The second-order valence-corrected chi connectivity index (χ2v) is 4.54. The number of rotatable bonds is 3. The number of hydrogen-bond acceptors (Lipinski definition) is 2. The highest BCUT2D eigenvalue weighted by molar-refractivity contribution is 4.81. The van der Waals surface area contributed by atoms with E-state index >= 15 is 0 Å². The number of nitrogens with zero attached hydrogens (tertiary/aromatic N) is 1. The molecule has 0 N–H and O–H groups in total. The van der Waals surface area contributed by atoms with Crippen LogP contribution in [0.25, 0.3) is 0 Å². The Morgan fingerprint density at radius 2 is 1.77 bits per heavy atom. The average molecular weight is 185 g/mol. The first-order valence-corrected chi connectivity index (χ1v) is 5.43. The lowest BCUT2D eigenvalue weighted by Gasteiger charge is -2.36. The third-order valence-corrected chi connectivity index (χ3v) is 2.78. The predicted octanol–water partition coefficient (Wildman–Crippen LogP) is 2.28. The van der Waals surface area contributed by atoms with Crippen LogP contribution in [0, 0.1) is 0 Å². The first-order chi connectivity index (χ1) is 6.11. The lowest BCUT2D eigenvalue weighted by Crippen LogP contribution is -2.43. The highest BCUT2D eigenvalue weighted by atomic mass is 16.5. The zero-order valence-corrected chi connectivity index (χ0v) is 9.42. The Balaban J connectivity index is 2.46. The zero-order valence-electron chi connectivity index (χ0n) is 9.42. The van der Waals surface area contributed by atoms with Gasteiger partial charge < -0.3 is 9.64 Å². The van der Waals surface area contributed by atoms with Crippen molar-refractivity contribution in [3.8, 4) is 0 Å². The molecule has 0 spiro atoms. The van der Waals surface area contributed by atoms with E-state index in [0.717, 1.165) is 0 Å². The minimum absolute atomic E-state index is 0.366. The lowest BCUT2D eigenvalue weighted by molar-refractivity contribution is -0.0534. The molecule has 0 radical (unpaired) electrons. The molecule has 1 aliphatic carbocycles. The summed E-state index contributed by atoms with van der Waals surface area (Å²) in [6.45, 7) is 4.25. The van der Waals surface area contributed by atoms with Crippen LogP contribution < -0.4 is 0 Å². The average Bonchev–Trinajstić information content (AvgIpc) is 2.03. The van der Waals surface area contributed by atoms with Crippen LogP contribution in [0.15, 0.2) is 0 Å². The van der Waals surface area contributed by atoms with Crippen molar-refractivity contribution in [2.24, 2.45) is 0 Å². The third kappa shape index (κ3) is 3.28. The fraction of sp³-hybridized carbons (Fsp3) is 1.00. The first-order valence-electron chi connectivity index (χ1n) is 5.43. The van der Waals surface area contributed by atoms with E-state index in [9.17, 15) is 0 Å². The summed E-state index contributed by atoms with van der Waals surface area (Å²) in [5, 5.41) is 0. The van der Waals surface area contributed by atoms with Crippen LogP contribution in [0.2, 0.25) is 0 Å². The molecule has 0 aromatic heterocycles. The lowest BCUT2D eigenvalue weighted by atomic mass is 9.91. The van der Waals surface area contributed by atoms with Gasteiger partial charge in [0.1, 0.15) is 0 Å². The SMILES string of the molecule is CC(C)O[C@H]1CCCC[C@@H]1N(C)C. The molecule has 78 valence electrons. The van der Waals surface area contributed by atoms with Gasteiger partial charge in [-0.3, -0.25) is 0 Å². The second kappa shape index (κ2) is 4.97. The minimum atomic E-state index is 0.366. The molecule has 0 aliphatic heterocycles. The smallest absolute Gasteiger partial charge is 0.0733 e. The maximum Gasteiger partial charge on any atom is 0.0733 e. The molecular weight excluding hydrogens is 162 g/mol. The summed E-state index contributed by atoms with van der Waals surface area (Å²) >= 11 is 0. The predicted molar refractivity (Wildman–Crippen MR) is 56.0 cm³/mol. The maximum atomic E-state index is 5.92. The fourth-order valence-corrected chi connectivity index (χ4v) is 2.18. The van der Waals surface area contributed by atoms with E-state index in [0.29, 0.717) is 18.2 Å². The monoisotopic (exact) mass is 185 g/mol. The maximum absolute atomic E-state index is 5.92. The van der Waals surface area contributed by atoms with Gasteiger partial charge in [0, 0.05) is 6.04 Å². The summed E-state index contributed by atoms with van der Waals surface area (Å²) in [4.78, 5) is 2.31. The van der Waals surface area contributed by atoms with E-state index in [4.69, 9.17) is 4.74 Å². The molecule has 1 aliphatic rings. The van der Waals surface area contributed by atoms with Gasteiger partial charge in [0.2, 0.25) is 0 Å².